The largest absolute Gasteiger partial charge is 0.395 e. The molecule has 0 bridgehead atoms. The number of fused-ring (bicyclic) bond motifs is 1. The van der Waals surface area contributed by atoms with Crippen LogP contribution in [0.4, 0.5) is 0 Å². The van der Waals surface area contributed by atoms with Crippen molar-refractivity contribution in [3.8, 4) is 0 Å². The fourth-order valence-corrected chi connectivity index (χ4v) is 3.32. The summed E-state index contributed by atoms with van der Waals surface area (Å²) in [7, 11) is 0. The normalized spacial score (nSPS) is 26.0. The van der Waals surface area contributed by atoms with E-state index >= 15 is 0 Å². The Labute approximate surface area is 130 Å². The number of β-amino-alcohol motifs (C(OH)–C–C–N with tert-alkyl or cyclic N) is 1. The summed E-state index contributed by atoms with van der Waals surface area (Å²) in [5.74, 6) is 0.00227. The number of piperazine rings is 1. The average molecular weight is 308 g/mol. The molecule has 2 N–H and O–H groups in total. The van der Waals surface area contributed by atoms with Crippen LogP contribution in [-0.2, 0) is 11.2 Å². The van der Waals surface area contributed by atoms with E-state index in [1.54, 1.807) is 0 Å². The van der Waals surface area contributed by atoms with Crippen molar-refractivity contribution in [2.24, 2.45) is 0 Å². The summed E-state index contributed by atoms with van der Waals surface area (Å²) >= 11 is 0. The third-order valence-corrected chi connectivity index (χ3v) is 4.51. The van der Waals surface area contributed by atoms with Crippen LogP contribution in [-0.4, -0.2) is 76.4 Å². The van der Waals surface area contributed by atoms with Crippen LogP contribution in [0.15, 0.2) is 0 Å². The van der Waals surface area contributed by atoms with Crippen molar-refractivity contribution in [2.45, 2.75) is 32.5 Å². The van der Waals surface area contributed by atoms with Gasteiger partial charge in [0.25, 0.3) is 5.91 Å². The predicted octanol–water partition coefficient (Wildman–Crippen LogP) is 0.182. The minimum atomic E-state index is -0.0470. The SMILES string of the molecule is C[C@@H]1Cc2c(C(=O)N3CCN(CCO)CC3)n[nH]c2[C@H](C)O1. The Bertz CT molecular complexity index is 537. The summed E-state index contributed by atoms with van der Waals surface area (Å²) in [6.45, 7) is 7.81. The molecule has 0 aromatic carbocycles. The van der Waals surface area contributed by atoms with Gasteiger partial charge in [-0.3, -0.25) is 14.8 Å². The number of carbonyl (C=O) groups is 1. The number of aromatic amines is 1. The van der Waals surface area contributed by atoms with Crippen LogP contribution in [0.25, 0.3) is 0 Å². The second kappa shape index (κ2) is 6.36. The highest BCUT2D eigenvalue weighted by molar-refractivity contribution is 5.94. The molecule has 2 atom stereocenters. The van der Waals surface area contributed by atoms with Gasteiger partial charge in [-0.2, -0.15) is 5.10 Å². The molecule has 0 radical (unpaired) electrons. The molecule has 1 aromatic rings. The van der Waals surface area contributed by atoms with Gasteiger partial charge in [0.2, 0.25) is 0 Å². The summed E-state index contributed by atoms with van der Waals surface area (Å²) < 4.78 is 5.77. The zero-order valence-corrected chi connectivity index (χ0v) is 13.2. The van der Waals surface area contributed by atoms with Crippen molar-refractivity contribution in [2.75, 3.05) is 39.3 Å². The number of nitrogens with zero attached hydrogens (tertiary/aromatic N) is 3. The van der Waals surface area contributed by atoms with Crippen LogP contribution in [0.1, 0.15) is 41.7 Å². The fourth-order valence-electron chi connectivity index (χ4n) is 3.32. The number of hydrogen-bond donors (Lipinski definition) is 2. The third kappa shape index (κ3) is 2.88. The highest BCUT2D eigenvalue weighted by Crippen LogP contribution is 2.30. The molecule has 1 saturated heterocycles. The van der Waals surface area contributed by atoms with E-state index in [-0.39, 0.29) is 24.7 Å². The summed E-state index contributed by atoms with van der Waals surface area (Å²) in [6, 6.07) is 0. The molecule has 1 amide bonds. The van der Waals surface area contributed by atoms with Crippen molar-refractivity contribution in [3.05, 3.63) is 17.0 Å². The van der Waals surface area contributed by atoms with E-state index in [0.29, 0.717) is 25.3 Å². The number of aliphatic hydroxyl groups excluding tert-OH is 1. The summed E-state index contributed by atoms with van der Waals surface area (Å²) in [4.78, 5) is 16.8. The quantitative estimate of drug-likeness (QED) is 0.832. The standard InChI is InChI=1S/C15H24N4O3/c1-10-9-12-13(11(2)22-10)16-17-14(12)15(21)19-5-3-18(4-6-19)7-8-20/h10-11,20H,3-9H2,1-2H3,(H,16,17)/t10-,11+/m1/s1. The van der Waals surface area contributed by atoms with Gasteiger partial charge in [0.05, 0.1) is 24.5 Å². The molecule has 7 nitrogen and oxygen atoms in total. The van der Waals surface area contributed by atoms with Gasteiger partial charge in [-0.15, -0.1) is 0 Å². The number of carbonyl (C=O) groups excluding carboxylic acids is 1. The van der Waals surface area contributed by atoms with E-state index in [9.17, 15) is 4.79 Å². The van der Waals surface area contributed by atoms with E-state index in [4.69, 9.17) is 9.84 Å². The second-order valence-electron chi connectivity index (χ2n) is 6.11. The number of ether oxygens (including phenoxy) is 1. The minimum Gasteiger partial charge on any atom is -0.395 e. The van der Waals surface area contributed by atoms with E-state index in [1.807, 2.05) is 18.7 Å². The number of aromatic nitrogens is 2. The molecule has 3 rings (SSSR count). The van der Waals surface area contributed by atoms with Crippen molar-refractivity contribution in [3.63, 3.8) is 0 Å². The minimum absolute atomic E-state index is 0.00227. The molecular weight excluding hydrogens is 284 g/mol. The van der Waals surface area contributed by atoms with Gasteiger partial charge in [0.1, 0.15) is 0 Å². The first-order valence-corrected chi connectivity index (χ1v) is 7.95. The van der Waals surface area contributed by atoms with Crippen LogP contribution in [0.5, 0.6) is 0 Å². The number of amides is 1. The molecule has 3 heterocycles. The molecule has 122 valence electrons. The number of nitrogens with one attached hydrogen (secondary N) is 1. The Hall–Kier alpha value is -1.44. The number of hydrogen-bond acceptors (Lipinski definition) is 5. The lowest BCUT2D eigenvalue weighted by Gasteiger charge is -2.34. The van der Waals surface area contributed by atoms with Crippen LogP contribution in [0.2, 0.25) is 0 Å². The lowest BCUT2D eigenvalue weighted by atomic mass is 9.99. The van der Waals surface area contributed by atoms with Gasteiger partial charge in [0.15, 0.2) is 5.69 Å². The second-order valence-corrected chi connectivity index (χ2v) is 6.11. The maximum absolute atomic E-state index is 12.7. The lowest BCUT2D eigenvalue weighted by Crippen LogP contribution is -2.49. The van der Waals surface area contributed by atoms with E-state index < -0.39 is 0 Å². The van der Waals surface area contributed by atoms with E-state index in [2.05, 4.69) is 15.1 Å². The smallest absolute Gasteiger partial charge is 0.274 e. The van der Waals surface area contributed by atoms with Gasteiger partial charge in [0, 0.05) is 44.7 Å². The Morgan fingerprint density at radius 3 is 2.77 bits per heavy atom. The zero-order valence-electron chi connectivity index (χ0n) is 13.2. The number of rotatable bonds is 3. The number of H-pyrrole nitrogens is 1. The summed E-state index contributed by atoms with van der Waals surface area (Å²) in [6.07, 6.45) is 0.782. The van der Waals surface area contributed by atoms with Crippen LogP contribution in [0, 0.1) is 0 Å². The van der Waals surface area contributed by atoms with Gasteiger partial charge in [-0.05, 0) is 13.8 Å². The molecule has 0 unspecified atom stereocenters. The Kier molecular flexibility index (Phi) is 4.46. The van der Waals surface area contributed by atoms with Crippen LogP contribution >= 0.6 is 0 Å². The lowest BCUT2D eigenvalue weighted by molar-refractivity contribution is -0.00704. The monoisotopic (exact) mass is 308 g/mol. The van der Waals surface area contributed by atoms with Gasteiger partial charge in [-0.25, -0.2) is 0 Å². The summed E-state index contributed by atoms with van der Waals surface area (Å²) in [5, 5.41) is 16.2. The van der Waals surface area contributed by atoms with Crippen molar-refractivity contribution >= 4 is 5.91 Å². The van der Waals surface area contributed by atoms with Crippen molar-refractivity contribution in [1.82, 2.24) is 20.0 Å². The van der Waals surface area contributed by atoms with E-state index in [1.165, 1.54) is 0 Å². The maximum atomic E-state index is 12.7. The molecule has 1 fully saturated rings. The Morgan fingerprint density at radius 2 is 2.09 bits per heavy atom. The first kappa shape index (κ1) is 15.5. The molecular formula is C15H24N4O3. The Balaban J connectivity index is 1.72. The van der Waals surface area contributed by atoms with Crippen molar-refractivity contribution in [1.29, 1.82) is 0 Å². The zero-order chi connectivity index (χ0) is 15.7. The molecule has 7 heteroatoms. The van der Waals surface area contributed by atoms with Crippen LogP contribution in [0.3, 0.4) is 0 Å². The predicted molar refractivity (Wildman–Crippen MR) is 80.7 cm³/mol. The Morgan fingerprint density at radius 1 is 1.36 bits per heavy atom. The first-order valence-electron chi connectivity index (χ1n) is 7.95. The number of aliphatic hydroxyl groups is 1. The van der Waals surface area contributed by atoms with Crippen LogP contribution < -0.4 is 0 Å². The van der Waals surface area contributed by atoms with Crippen molar-refractivity contribution < 1.29 is 14.6 Å². The molecule has 2 aliphatic heterocycles. The molecule has 22 heavy (non-hydrogen) atoms. The summed E-state index contributed by atoms with van der Waals surface area (Å²) in [5.41, 5.74) is 2.49. The average Bonchev–Trinajstić information content (AvgIpc) is 2.91. The molecule has 1 aromatic heterocycles. The highest BCUT2D eigenvalue weighted by Gasteiger charge is 2.32. The highest BCUT2D eigenvalue weighted by atomic mass is 16.5. The molecule has 0 saturated carbocycles. The van der Waals surface area contributed by atoms with E-state index in [0.717, 1.165) is 30.8 Å². The topological polar surface area (TPSA) is 81.7 Å². The first-order chi connectivity index (χ1) is 10.6. The maximum Gasteiger partial charge on any atom is 0.274 e. The van der Waals surface area contributed by atoms with Gasteiger partial charge < -0.3 is 14.7 Å². The van der Waals surface area contributed by atoms with Gasteiger partial charge in [-0.1, -0.05) is 0 Å². The molecule has 2 aliphatic rings. The third-order valence-electron chi connectivity index (χ3n) is 4.51. The fraction of sp³-hybridized carbons (Fsp3) is 0.733. The molecule has 0 aliphatic carbocycles. The van der Waals surface area contributed by atoms with Gasteiger partial charge >= 0.3 is 0 Å². The molecule has 0 spiro atoms.